The van der Waals surface area contributed by atoms with Crippen LogP contribution in [-0.2, 0) is 12.8 Å². The zero-order valence-corrected chi connectivity index (χ0v) is 36.8. The molecule has 6 nitrogen and oxygen atoms in total. The fourth-order valence-electron chi connectivity index (χ4n) is 8.64. The third-order valence-corrected chi connectivity index (χ3v) is 12.9. The number of aromatic nitrogens is 1. The van der Waals surface area contributed by atoms with E-state index < -0.39 is 0 Å². The van der Waals surface area contributed by atoms with Crippen molar-refractivity contribution >= 4 is 94.9 Å². The van der Waals surface area contributed by atoms with Crippen LogP contribution in [0.25, 0.3) is 65.2 Å². The zero-order valence-electron chi connectivity index (χ0n) is 36.0. The molecule has 11 aromatic rings. The Hall–Kier alpha value is -8.13. The van der Waals surface area contributed by atoms with Crippen LogP contribution in [0.15, 0.2) is 220 Å². The number of hydrogen-bond acceptors (Lipinski definition) is 4. The molecule has 7 heteroatoms. The Morgan fingerprint density at radius 3 is 2.05 bits per heavy atom. The van der Waals surface area contributed by atoms with Crippen molar-refractivity contribution in [3.8, 4) is 5.69 Å². The van der Waals surface area contributed by atoms with E-state index in [0.717, 1.165) is 63.0 Å². The minimum absolute atomic E-state index is 0.536. The van der Waals surface area contributed by atoms with Crippen molar-refractivity contribution in [3.05, 3.63) is 233 Å². The van der Waals surface area contributed by atoms with Gasteiger partial charge in [0.15, 0.2) is 5.84 Å². The van der Waals surface area contributed by atoms with E-state index in [2.05, 4.69) is 162 Å². The van der Waals surface area contributed by atoms with Crippen LogP contribution in [0.5, 0.6) is 0 Å². The van der Waals surface area contributed by atoms with Crippen molar-refractivity contribution in [2.24, 2.45) is 20.7 Å². The lowest BCUT2D eigenvalue weighted by Gasteiger charge is -2.09. The Bertz CT molecular complexity index is 3600. The fraction of sp³-hybridized carbons (Fsp3) is 0.0517. The van der Waals surface area contributed by atoms with E-state index in [4.69, 9.17) is 15.1 Å². The van der Waals surface area contributed by atoms with E-state index in [0.29, 0.717) is 17.4 Å². The molecule has 0 amide bonds. The first-order valence-corrected chi connectivity index (χ1v) is 22.5. The van der Waals surface area contributed by atoms with Crippen molar-refractivity contribution in [1.82, 2.24) is 4.57 Å². The second-order valence-corrected chi connectivity index (χ2v) is 16.9. The highest BCUT2D eigenvalue weighted by molar-refractivity contribution is 7.19. The maximum Gasteiger partial charge on any atom is 0.159 e. The normalized spacial score (nSPS) is 12.0. The highest BCUT2D eigenvalue weighted by atomic mass is 32.1. The molecule has 0 bridgehead atoms. The van der Waals surface area contributed by atoms with Crippen LogP contribution < -0.4 is 5.73 Å². The average molecular weight is 860 g/mol. The van der Waals surface area contributed by atoms with Crippen LogP contribution in [0.2, 0.25) is 0 Å². The Labute approximate surface area is 381 Å². The number of aliphatic imine (C=N–C) groups is 3. The molecule has 3 heterocycles. The number of nitrogens with two attached hydrogens (primary N) is 1. The zero-order chi connectivity index (χ0) is 44.3. The average Bonchev–Trinajstić information content (AvgIpc) is 4.02. The van der Waals surface area contributed by atoms with Crippen LogP contribution in [0, 0.1) is 0 Å². The van der Waals surface area contributed by atoms with Gasteiger partial charge in [0.1, 0.15) is 17.0 Å². The summed E-state index contributed by atoms with van der Waals surface area (Å²) in [5.74, 6) is 1.09. The second-order valence-electron chi connectivity index (χ2n) is 15.8. The van der Waals surface area contributed by atoms with Crippen molar-refractivity contribution in [3.63, 3.8) is 0 Å². The molecule has 2 N–H and O–H groups in total. The van der Waals surface area contributed by atoms with Crippen molar-refractivity contribution in [2.45, 2.75) is 19.8 Å². The summed E-state index contributed by atoms with van der Waals surface area (Å²) < 4.78 is 9.64. The molecular weight excluding hydrogens is 815 g/mol. The van der Waals surface area contributed by atoms with Crippen molar-refractivity contribution < 1.29 is 4.42 Å². The standard InChI is InChI=1S/C30H24N2OS.C28H21N3/c1-2-20-11-8-13-25-28(20)23-17-19(15-16-24(23)33-25)18-27-29(22-12-6-7-14-26(22)34-27)32-30(31)21-9-4-3-5-10-21;1-20(21-11-5-3-6-12-21)30-28(29-2)22-17-18-25-24-15-9-10-16-26(24)31(27(25)19-22)23-13-7-4-8-14-23/h3-17H,2,18H2,1H3,(H2,31,32);3-19H,1-2H2. The predicted molar refractivity (Wildman–Crippen MR) is 277 cm³/mol. The number of rotatable bonds is 9. The Morgan fingerprint density at radius 1 is 0.615 bits per heavy atom. The number of amidine groups is 2. The SMILES string of the molecule is C=NC(=NC(=C)c1ccccc1)c1ccc2c3ccccc3n(-c3ccccc3)c2c1.CCc1cccc2oc3ccc(Cc4sc5ccccc5c4N=C(N)c4ccccc4)cc3c12. The molecule has 314 valence electrons. The molecule has 0 aliphatic rings. The number of thiophene rings is 1. The summed E-state index contributed by atoms with van der Waals surface area (Å²) in [6.07, 6.45) is 1.77. The molecule has 0 saturated heterocycles. The summed E-state index contributed by atoms with van der Waals surface area (Å²) in [6, 6.07) is 66.3. The Kier molecular flexibility index (Phi) is 11.3. The van der Waals surface area contributed by atoms with Crippen molar-refractivity contribution in [2.75, 3.05) is 0 Å². The van der Waals surface area contributed by atoms with Gasteiger partial charge in [-0.15, -0.1) is 11.3 Å². The fourth-order valence-corrected chi connectivity index (χ4v) is 9.81. The van der Waals surface area contributed by atoms with Gasteiger partial charge in [-0.2, -0.15) is 0 Å². The molecular formula is C58H45N5OS. The first kappa shape index (κ1) is 40.9. The number of hydrogen-bond donors (Lipinski definition) is 1. The molecule has 3 aromatic heterocycles. The van der Waals surface area contributed by atoms with Crippen LogP contribution in [0.3, 0.4) is 0 Å². The van der Waals surface area contributed by atoms with Crippen LogP contribution in [-0.4, -0.2) is 23.0 Å². The van der Waals surface area contributed by atoms with Gasteiger partial charge in [-0.25, -0.2) is 15.0 Å². The first-order chi connectivity index (χ1) is 32.0. The number of benzene rings is 8. The Balaban J connectivity index is 0.000000154. The van der Waals surface area contributed by atoms with Crippen LogP contribution >= 0.6 is 11.3 Å². The maximum absolute atomic E-state index is 6.44. The molecule has 8 aromatic carbocycles. The van der Waals surface area contributed by atoms with Gasteiger partial charge in [-0.05, 0) is 78.4 Å². The second kappa shape index (κ2) is 17.9. The monoisotopic (exact) mass is 859 g/mol. The van der Waals surface area contributed by atoms with E-state index in [9.17, 15) is 0 Å². The summed E-state index contributed by atoms with van der Waals surface area (Å²) in [7, 11) is 0. The largest absolute Gasteiger partial charge is 0.456 e. The molecule has 0 aliphatic carbocycles. The van der Waals surface area contributed by atoms with Gasteiger partial charge in [-0.1, -0.05) is 159 Å². The number of aryl methyl sites for hydroxylation is 1. The van der Waals surface area contributed by atoms with Crippen LogP contribution in [0.4, 0.5) is 5.69 Å². The van der Waals surface area contributed by atoms with Crippen LogP contribution in [0.1, 0.15) is 39.6 Å². The first-order valence-electron chi connectivity index (χ1n) is 21.7. The van der Waals surface area contributed by atoms with Gasteiger partial charge in [0.25, 0.3) is 0 Å². The Morgan fingerprint density at radius 2 is 1.29 bits per heavy atom. The van der Waals surface area contributed by atoms with Gasteiger partial charge in [0.2, 0.25) is 0 Å². The summed E-state index contributed by atoms with van der Waals surface area (Å²) in [6.45, 7) is 10.1. The molecule has 0 aliphatic heterocycles. The molecule has 0 radical (unpaired) electrons. The quantitative estimate of drug-likeness (QED) is 0.116. The molecule has 0 unspecified atom stereocenters. The summed E-state index contributed by atoms with van der Waals surface area (Å²) in [5.41, 5.74) is 18.7. The van der Waals surface area contributed by atoms with Crippen molar-refractivity contribution in [1.29, 1.82) is 0 Å². The lowest BCUT2D eigenvalue weighted by Crippen LogP contribution is -2.12. The minimum Gasteiger partial charge on any atom is -0.456 e. The summed E-state index contributed by atoms with van der Waals surface area (Å²) in [4.78, 5) is 15.0. The van der Waals surface area contributed by atoms with Gasteiger partial charge in [-0.3, -0.25) is 0 Å². The maximum atomic E-state index is 6.44. The molecule has 11 rings (SSSR count). The topological polar surface area (TPSA) is 81.2 Å². The van der Waals surface area contributed by atoms with Gasteiger partial charge >= 0.3 is 0 Å². The van der Waals surface area contributed by atoms with E-state index in [1.165, 1.54) is 47.8 Å². The predicted octanol–water partition coefficient (Wildman–Crippen LogP) is 14.9. The number of para-hydroxylation sites is 2. The lowest BCUT2D eigenvalue weighted by atomic mass is 10.0. The van der Waals surface area contributed by atoms with E-state index in [1.54, 1.807) is 11.3 Å². The lowest BCUT2D eigenvalue weighted by molar-refractivity contribution is 0.668. The third-order valence-electron chi connectivity index (χ3n) is 11.8. The van der Waals surface area contributed by atoms with Gasteiger partial charge in [0.05, 0.1) is 22.4 Å². The summed E-state index contributed by atoms with van der Waals surface area (Å²) in [5, 5.41) is 5.95. The number of furan rings is 1. The molecule has 65 heavy (non-hydrogen) atoms. The third kappa shape index (κ3) is 8.06. The van der Waals surface area contributed by atoms with Gasteiger partial charge in [0, 0.05) is 59.7 Å². The van der Waals surface area contributed by atoms with Gasteiger partial charge < -0.3 is 14.7 Å². The number of fused-ring (bicyclic) bond motifs is 7. The number of nitrogens with zero attached hydrogens (tertiary/aromatic N) is 4. The van der Waals surface area contributed by atoms with E-state index >= 15 is 0 Å². The highest BCUT2D eigenvalue weighted by Gasteiger charge is 2.17. The molecule has 0 spiro atoms. The smallest absolute Gasteiger partial charge is 0.159 e. The van der Waals surface area contributed by atoms with E-state index in [1.807, 2.05) is 66.7 Å². The summed E-state index contributed by atoms with van der Waals surface area (Å²) >= 11 is 1.79. The molecule has 0 fully saturated rings. The van der Waals surface area contributed by atoms with E-state index in [-0.39, 0.29) is 0 Å². The molecule has 0 atom stereocenters. The molecule has 0 saturated carbocycles. The highest BCUT2D eigenvalue weighted by Crippen LogP contribution is 2.41. The minimum atomic E-state index is 0.536.